The Bertz CT molecular complexity index is 609. The Balaban J connectivity index is 1.99. The molecule has 2 heterocycles. The summed E-state index contributed by atoms with van der Waals surface area (Å²) in [7, 11) is 1.97. The zero-order valence-electron chi connectivity index (χ0n) is 11.8. The maximum absolute atomic E-state index is 10.1. The lowest BCUT2D eigenvalue weighted by molar-refractivity contribution is 0.156. The van der Waals surface area contributed by atoms with Gasteiger partial charge in [0.1, 0.15) is 0 Å². The van der Waals surface area contributed by atoms with Crippen LogP contribution < -0.4 is 0 Å². The molecule has 0 bridgehead atoms. The molecule has 0 aromatic carbocycles. The highest BCUT2D eigenvalue weighted by Gasteiger charge is 2.23. The molecule has 1 N–H and O–H groups in total. The molecule has 0 aliphatic heterocycles. The first-order chi connectivity index (χ1) is 9.08. The third kappa shape index (κ3) is 2.00. The molecular weight excluding hydrogens is 238 g/mol. The molecule has 1 atom stereocenters. The first-order valence-electron chi connectivity index (χ1n) is 6.92. The van der Waals surface area contributed by atoms with E-state index in [1.807, 2.05) is 17.9 Å². The van der Waals surface area contributed by atoms with Crippen LogP contribution in [0.3, 0.4) is 0 Å². The highest BCUT2D eigenvalue weighted by molar-refractivity contribution is 5.33. The summed E-state index contributed by atoms with van der Waals surface area (Å²) in [6, 6.07) is 2.14. The van der Waals surface area contributed by atoms with Gasteiger partial charge in [-0.25, -0.2) is 0 Å². The van der Waals surface area contributed by atoms with Gasteiger partial charge < -0.3 is 9.67 Å². The lowest BCUT2D eigenvalue weighted by Crippen LogP contribution is -2.13. The van der Waals surface area contributed by atoms with Crippen LogP contribution in [-0.2, 0) is 20.0 Å². The fourth-order valence-corrected chi connectivity index (χ4v) is 3.03. The summed E-state index contributed by atoms with van der Waals surface area (Å²) < 4.78 is 4.25. The maximum Gasteiger partial charge on any atom is 0.0807 e. The van der Waals surface area contributed by atoms with E-state index in [-0.39, 0.29) is 6.10 Å². The van der Waals surface area contributed by atoms with E-state index in [0.29, 0.717) is 0 Å². The Morgan fingerprint density at radius 1 is 1.42 bits per heavy atom. The average molecular weight is 259 g/mol. The number of rotatable bonds is 2. The van der Waals surface area contributed by atoms with Crippen molar-refractivity contribution in [2.45, 2.75) is 45.8 Å². The molecule has 0 saturated carbocycles. The van der Waals surface area contributed by atoms with Gasteiger partial charge in [0, 0.05) is 35.3 Å². The zero-order valence-corrected chi connectivity index (χ0v) is 11.8. The molecule has 0 fully saturated rings. The van der Waals surface area contributed by atoms with Crippen LogP contribution in [-0.4, -0.2) is 19.5 Å². The first-order valence-corrected chi connectivity index (χ1v) is 6.92. The van der Waals surface area contributed by atoms with Gasteiger partial charge >= 0.3 is 0 Å². The topological polar surface area (TPSA) is 43.0 Å². The van der Waals surface area contributed by atoms with Crippen molar-refractivity contribution in [1.29, 1.82) is 0 Å². The molecule has 0 saturated heterocycles. The van der Waals surface area contributed by atoms with Crippen molar-refractivity contribution in [3.8, 4) is 0 Å². The van der Waals surface area contributed by atoms with Crippen molar-refractivity contribution in [2.24, 2.45) is 7.05 Å². The van der Waals surface area contributed by atoms with Crippen molar-refractivity contribution >= 4 is 0 Å². The van der Waals surface area contributed by atoms with E-state index in [0.717, 1.165) is 31.4 Å². The van der Waals surface area contributed by atoms with Crippen LogP contribution in [0.15, 0.2) is 12.3 Å². The SMILES string of the molecule is Cc1c(Cn2c(C)cc3c2CCCC3O)cnn1C. The number of fused-ring (bicyclic) bond motifs is 1. The second kappa shape index (κ2) is 4.53. The van der Waals surface area contributed by atoms with Crippen LogP contribution in [0.2, 0.25) is 0 Å². The van der Waals surface area contributed by atoms with Gasteiger partial charge in [0.05, 0.1) is 18.8 Å². The fraction of sp³-hybridized carbons (Fsp3) is 0.533. The summed E-state index contributed by atoms with van der Waals surface area (Å²) in [6.07, 6.45) is 4.70. The molecule has 4 heteroatoms. The van der Waals surface area contributed by atoms with Crippen molar-refractivity contribution in [1.82, 2.24) is 14.3 Å². The molecular formula is C15H21N3O. The Kier molecular flexibility index (Phi) is 2.97. The molecule has 3 rings (SSSR count). The molecule has 1 unspecified atom stereocenters. The Morgan fingerprint density at radius 3 is 2.89 bits per heavy atom. The standard InChI is InChI=1S/C15H21N3O/c1-10-7-13-14(5-4-6-15(13)19)18(10)9-12-8-16-17(3)11(12)2/h7-8,15,19H,4-6,9H2,1-3H3. The van der Waals surface area contributed by atoms with Crippen LogP contribution in [0.25, 0.3) is 0 Å². The molecule has 102 valence electrons. The third-order valence-electron chi connectivity index (χ3n) is 4.36. The van der Waals surface area contributed by atoms with Crippen molar-refractivity contribution in [3.05, 3.63) is 40.5 Å². The summed E-state index contributed by atoms with van der Waals surface area (Å²) in [4.78, 5) is 0. The maximum atomic E-state index is 10.1. The minimum absolute atomic E-state index is 0.279. The van der Waals surface area contributed by atoms with Gasteiger partial charge in [0.2, 0.25) is 0 Å². The molecule has 1 aliphatic carbocycles. The fourth-order valence-electron chi connectivity index (χ4n) is 3.03. The van der Waals surface area contributed by atoms with E-state index in [4.69, 9.17) is 0 Å². The molecule has 0 spiro atoms. The van der Waals surface area contributed by atoms with E-state index >= 15 is 0 Å². The number of aliphatic hydroxyl groups is 1. The second-order valence-electron chi connectivity index (χ2n) is 5.56. The number of hydrogen-bond donors (Lipinski definition) is 1. The molecule has 2 aromatic rings. The van der Waals surface area contributed by atoms with Gasteiger partial charge in [-0.1, -0.05) is 0 Å². The molecule has 0 amide bonds. The van der Waals surface area contributed by atoms with Gasteiger partial charge in [0.15, 0.2) is 0 Å². The molecule has 2 aromatic heterocycles. The van der Waals surface area contributed by atoms with E-state index in [1.165, 1.54) is 22.6 Å². The molecule has 1 aliphatic rings. The summed E-state index contributed by atoms with van der Waals surface area (Å²) in [5.41, 5.74) is 6.13. The first kappa shape index (κ1) is 12.5. The Hall–Kier alpha value is -1.55. The van der Waals surface area contributed by atoms with E-state index in [2.05, 4.69) is 29.6 Å². The van der Waals surface area contributed by atoms with Gasteiger partial charge in [-0.15, -0.1) is 0 Å². The smallest absolute Gasteiger partial charge is 0.0807 e. The molecule has 0 radical (unpaired) electrons. The monoisotopic (exact) mass is 259 g/mol. The lowest BCUT2D eigenvalue weighted by Gasteiger charge is -2.20. The number of aromatic nitrogens is 3. The number of aryl methyl sites for hydroxylation is 2. The molecule has 19 heavy (non-hydrogen) atoms. The summed E-state index contributed by atoms with van der Waals surface area (Å²) in [5, 5.41) is 14.4. The molecule has 4 nitrogen and oxygen atoms in total. The van der Waals surface area contributed by atoms with Crippen LogP contribution in [0.5, 0.6) is 0 Å². The Labute approximate surface area is 113 Å². The number of hydrogen-bond acceptors (Lipinski definition) is 2. The highest BCUT2D eigenvalue weighted by Crippen LogP contribution is 2.32. The summed E-state index contributed by atoms with van der Waals surface area (Å²) in [5.74, 6) is 0. The minimum atomic E-state index is -0.279. The zero-order chi connectivity index (χ0) is 13.6. The highest BCUT2D eigenvalue weighted by atomic mass is 16.3. The van der Waals surface area contributed by atoms with Gasteiger partial charge in [-0.05, 0) is 39.2 Å². The van der Waals surface area contributed by atoms with Crippen molar-refractivity contribution in [3.63, 3.8) is 0 Å². The summed E-state index contributed by atoms with van der Waals surface area (Å²) >= 11 is 0. The van der Waals surface area contributed by atoms with Gasteiger partial charge in [0.25, 0.3) is 0 Å². The van der Waals surface area contributed by atoms with Crippen LogP contribution in [0.4, 0.5) is 0 Å². The van der Waals surface area contributed by atoms with Crippen LogP contribution >= 0.6 is 0 Å². The lowest BCUT2D eigenvalue weighted by atomic mass is 9.95. The van der Waals surface area contributed by atoms with Gasteiger partial charge in [-0.3, -0.25) is 4.68 Å². The second-order valence-corrected chi connectivity index (χ2v) is 5.56. The van der Waals surface area contributed by atoms with E-state index in [1.54, 1.807) is 0 Å². The van der Waals surface area contributed by atoms with Crippen molar-refractivity contribution in [2.75, 3.05) is 0 Å². The van der Waals surface area contributed by atoms with E-state index < -0.39 is 0 Å². The number of nitrogens with zero attached hydrogens (tertiary/aromatic N) is 3. The van der Waals surface area contributed by atoms with Crippen molar-refractivity contribution < 1.29 is 5.11 Å². The number of aliphatic hydroxyl groups excluding tert-OH is 1. The normalized spacial score (nSPS) is 18.6. The largest absolute Gasteiger partial charge is 0.388 e. The van der Waals surface area contributed by atoms with E-state index in [9.17, 15) is 5.11 Å². The van der Waals surface area contributed by atoms with Crippen LogP contribution in [0.1, 0.15) is 47.2 Å². The predicted molar refractivity (Wildman–Crippen MR) is 74.1 cm³/mol. The van der Waals surface area contributed by atoms with Gasteiger partial charge in [-0.2, -0.15) is 5.10 Å². The third-order valence-corrected chi connectivity index (χ3v) is 4.36. The predicted octanol–water partition coefficient (Wildman–Crippen LogP) is 2.26. The minimum Gasteiger partial charge on any atom is -0.388 e. The Morgan fingerprint density at radius 2 is 2.21 bits per heavy atom. The average Bonchev–Trinajstić information content (AvgIpc) is 2.86. The quantitative estimate of drug-likeness (QED) is 0.899. The van der Waals surface area contributed by atoms with Crippen LogP contribution in [0, 0.1) is 13.8 Å². The summed E-state index contributed by atoms with van der Waals surface area (Å²) in [6.45, 7) is 5.08.